The van der Waals surface area contributed by atoms with Crippen LogP contribution < -0.4 is 10.6 Å². The molecule has 6 heteroatoms. The third-order valence-electron chi connectivity index (χ3n) is 2.54. The molecule has 2 heterocycles. The molecule has 2 N–H and O–H groups in total. The molecule has 0 aromatic carbocycles. The van der Waals surface area contributed by atoms with Crippen molar-refractivity contribution < 1.29 is 9.21 Å². The Morgan fingerprint density at radius 3 is 3.24 bits per heavy atom. The van der Waals surface area contributed by atoms with Crippen LogP contribution in [0.5, 0.6) is 0 Å². The van der Waals surface area contributed by atoms with E-state index in [2.05, 4.69) is 26.8 Å². The van der Waals surface area contributed by atoms with Gasteiger partial charge in [-0.2, -0.15) is 0 Å². The van der Waals surface area contributed by atoms with Crippen molar-refractivity contribution >= 4 is 11.9 Å². The molecule has 1 amide bonds. The van der Waals surface area contributed by atoms with Crippen LogP contribution in [0.1, 0.15) is 37.6 Å². The van der Waals surface area contributed by atoms with E-state index in [1.807, 2.05) is 0 Å². The molecule has 1 aromatic rings. The topological polar surface area (TPSA) is 80.0 Å². The predicted octanol–water partition coefficient (Wildman–Crippen LogP) is 0.846. The Hall–Kier alpha value is -1.87. The highest BCUT2D eigenvalue weighted by Gasteiger charge is 2.22. The molecular formula is C11H14N4O2. The van der Waals surface area contributed by atoms with Gasteiger partial charge in [0.2, 0.25) is 11.8 Å². The van der Waals surface area contributed by atoms with Crippen LogP contribution in [0.25, 0.3) is 0 Å². The van der Waals surface area contributed by atoms with Crippen molar-refractivity contribution in [2.24, 2.45) is 0 Å². The molecule has 0 aliphatic carbocycles. The largest absolute Gasteiger partial charge is 0.406 e. The van der Waals surface area contributed by atoms with Gasteiger partial charge in [0.25, 0.3) is 0 Å². The normalized spacial score (nSPS) is 18.9. The lowest BCUT2D eigenvalue weighted by Gasteiger charge is -2.02. The molecule has 0 spiro atoms. The number of hydrogen-bond donors (Lipinski definition) is 2. The molecule has 1 aliphatic rings. The Kier molecular flexibility index (Phi) is 3.73. The molecule has 2 rings (SSSR count). The molecular weight excluding hydrogens is 220 g/mol. The SMILES string of the molecule is C#CCCC(=O)Nc1nnc(C2CCCN2)o1. The van der Waals surface area contributed by atoms with E-state index < -0.39 is 0 Å². The summed E-state index contributed by atoms with van der Waals surface area (Å²) in [6.45, 7) is 0.955. The molecule has 6 nitrogen and oxygen atoms in total. The van der Waals surface area contributed by atoms with Gasteiger partial charge in [0.1, 0.15) is 0 Å². The van der Waals surface area contributed by atoms with Crippen LogP contribution in [0.4, 0.5) is 6.01 Å². The number of anilines is 1. The first kappa shape index (κ1) is 11.6. The highest BCUT2D eigenvalue weighted by Crippen LogP contribution is 2.22. The van der Waals surface area contributed by atoms with E-state index in [1.54, 1.807) is 0 Å². The minimum absolute atomic E-state index is 0.110. The summed E-state index contributed by atoms with van der Waals surface area (Å²) in [6, 6.07) is 0.245. The number of carbonyl (C=O) groups is 1. The highest BCUT2D eigenvalue weighted by molar-refractivity contribution is 5.88. The van der Waals surface area contributed by atoms with Crippen LogP contribution in [0.15, 0.2) is 4.42 Å². The highest BCUT2D eigenvalue weighted by atomic mass is 16.4. The zero-order chi connectivity index (χ0) is 12.1. The zero-order valence-electron chi connectivity index (χ0n) is 9.40. The number of hydrogen-bond acceptors (Lipinski definition) is 5. The maximum atomic E-state index is 11.4. The van der Waals surface area contributed by atoms with Gasteiger partial charge in [0.05, 0.1) is 6.04 Å². The van der Waals surface area contributed by atoms with Crippen LogP contribution in [0, 0.1) is 12.3 Å². The lowest BCUT2D eigenvalue weighted by atomic mass is 10.2. The fraction of sp³-hybridized carbons (Fsp3) is 0.545. The summed E-state index contributed by atoms with van der Waals surface area (Å²) in [4.78, 5) is 11.4. The molecule has 1 aromatic heterocycles. The van der Waals surface area contributed by atoms with Gasteiger partial charge in [-0.1, -0.05) is 5.10 Å². The van der Waals surface area contributed by atoms with Crippen molar-refractivity contribution in [2.75, 3.05) is 11.9 Å². The van der Waals surface area contributed by atoms with Gasteiger partial charge in [-0.3, -0.25) is 10.1 Å². The summed E-state index contributed by atoms with van der Waals surface area (Å²) in [5.74, 6) is 2.71. The quantitative estimate of drug-likeness (QED) is 0.755. The van der Waals surface area contributed by atoms with Crippen LogP contribution in [-0.2, 0) is 4.79 Å². The van der Waals surface area contributed by atoms with E-state index in [-0.39, 0.29) is 24.4 Å². The van der Waals surface area contributed by atoms with E-state index in [0.717, 1.165) is 19.4 Å². The molecule has 1 saturated heterocycles. The fourth-order valence-corrected chi connectivity index (χ4v) is 1.69. The van der Waals surface area contributed by atoms with Crippen LogP contribution in [-0.4, -0.2) is 22.6 Å². The van der Waals surface area contributed by atoms with E-state index in [1.165, 1.54) is 0 Å². The molecule has 1 aliphatic heterocycles. The molecule has 1 atom stereocenters. The van der Waals surface area contributed by atoms with Crippen molar-refractivity contribution in [2.45, 2.75) is 31.7 Å². The number of aromatic nitrogens is 2. The van der Waals surface area contributed by atoms with Crippen LogP contribution in [0.3, 0.4) is 0 Å². The van der Waals surface area contributed by atoms with Gasteiger partial charge in [-0.15, -0.1) is 17.4 Å². The average Bonchev–Trinajstić information content (AvgIpc) is 2.95. The Bertz CT molecular complexity index is 429. The number of nitrogens with zero attached hydrogens (tertiary/aromatic N) is 2. The van der Waals surface area contributed by atoms with Gasteiger partial charge >= 0.3 is 6.01 Å². The first-order chi connectivity index (χ1) is 8.29. The standard InChI is InChI=1S/C11H14N4O2/c1-2-3-6-9(16)13-11-15-14-10(17-11)8-5-4-7-12-8/h1,8,12H,3-7H2,(H,13,15,16). The van der Waals surface area contributed by atoms with Crippen molar-refractivity contribution in [1.82, 2.24) is 15.5 Å². The Labute approximate surface area is 99.2 Å². The smallest absolute Gasteiger partial charge is 0.322 e. The first-order valence-corrected chi connectivity index (χ1v) is 5.59. The summed E-state index contributed by atoms with van der Waals surface area (Å²) >= 11 is 0. The second-order valence-electron chi connectivity index (χ2n) is 3.85. The number of rotatable bonds is 4. The van der Waals surface area contributed by atoms with Gasteiger partial charge < -0.3 is 9.73 Å². The van der Waals surface area contributed by atoms with Crippen molar-refractivity contribution in [3.8, 4) is 12.3 Å². The second kappa shape index (κ2) is 5.46. The maximum absolute atomic E-state index is 11.4. The molecule has 0 bridgehead atoms. The van der Waals surface area contributed by atoms with Crippen molar-refractivity contribution in [1.29, 1.82) is 0 Å². The number of nitrogens with one attached hydrogen (secondary N) is 2. The van der Waals surface area contributed by atoms with Crippen LogP contribution >= 0.6 is 0 Å². The van der Waals surface area contributed by atoms with Gasteiger partial charge in [-0.05, 0) is 19.4 Å². The maximum Gasteiger partial charge on any atom is 0.322 e. The van der Waals surface area contributed by atoms with E-state index in [0.29, 0.717) is 12.3 Å². The Balaban J connectivity index is 1.89. The predicted molar refractivity (Wildman–Crippen MR) is 61.0 cm³/mol. The fourth-order valence-electron chi connectivity index (χ4n) is 1.69. The summed E-state index contributed by atoms with van der Waals surface area (Å²) in [6.07, 6.45) is 7.80. The molecule has 90 valence electrons. The van der Waals surface area contributed by atoms with Gasteiger partial charge in [0.15, 0.2) is 0 Å². The molecule has 1 unspecified atom stereocenters. The van der Waals surface area contributed by atoms with Crippen LogP contribution in [0.2, 0.25) is 0 Å². The van der Waals surface area contributed by atoms with Crippen molar-refractivity contribution in [3.63, 3.8) is 0 Å². The van der Waals surface area contributed by atoms with E-state index in [4.69, 9.17) is 10.8 Å². The minimum Gasteiger partial charge on any atom is -0.406 e. The minimum atomic E-state index is -0.211. The first-order valence-electron chi connectivity index (χ1n) is 5.59. The summed E-state index contributed by atoms with van der Waals surface area (Å²) in [5.41, 5.74) is 0. The monoisotopic (exact) mass is 234 g/mol. The summed E-state index contributed by atoms with van der Waals surface area (Å²) in [7, 11) is 0. The Morgan fingerprint density at radius 1 is 1.65 bits per heavy atom. The van der Waals surface area contributed by atoms with Gasteiger partial charge in [0, 0.05) is 12.8 Å². The lowest BCUT2D eigenvalue weighted by molar-refractivity contribution is -0.116. The van der Waals surface area contributed by atoms with E-state index >= 15 is 0 Å². The van der Waals surface area contributed by atoms with Crippen molar-refractivity contribution in [3.05, 3.63) is 5.89 Å². The second-order valence-corrected chi connectivity index (χ2v) is 3.85. The van der Waals surface area contributed by atoms with E-state index in [9.17, 15) is 4.79 Å². The third kappa shape index (κ3) is 3.04. The molecule has 0 radical (unpaired) electrons. The zero-order valence-corrected chi connectivity index (χ0v) is 9.40. The number of amides is 1. The lowest BCUT2D eigenvalue weighted by Crippen LogP contribution is -2.13. The molecule has 0 saturated carbocycles. The molecule has 17 heavy (non-hydrogen) atoms. The summed E-state index contributed by atoms with van der Waals surface area (Å²) < 4.78 is 5.35. The number of terminal acetylenes is 1. The average molecular weight is 234 g/mol. The summed E-state index contributed by atoms with van der Waals surface area (Å²) in [5, 5.41) is 13.4. The van der Waals surface area contributed by atoms with Gasteiger partial charge in [-0.25, -0.2) is 0 Å². The number of carbonyl (C=O) groups excluding carboxylic acids is 1. The molecule has 1 fully saturated rings. The Morgan fingerprint density at radius 2 is 2.53 bits per heavy atom. The third-order valence-corrected chi connectivity index (χ3v) is 2.54.